The van der Waals surface area contributed by atoms with Crippen LogP contribution in [0.2, 0.25) is 5.02 Å². The lowest BCUT2D eigenvalue weighted by molar-refractivity contribution is -0.137. The van der Waals surface area contributed by atoms with Crippen molar-refractivity contribution in [2.75, 3.05) is 24.3 Å². The lowest BCUT2D eigenvalue weighted by Gasteiger charge is -2.13. The van der Waals surface area contributed by atoms with Crippen LogP contribution in [0.5, 0.6) is 5.75 Å². The van der Waals surface area contributed by atoms with E-state index in [2.05, 4.69) is 10.6 Å². The molecule has 4 nitrogen and oxygen atoms in total. The SMILES string of the molecule is COc1cc(Cl)c(C)cc1NC(=O)CNc1ccc(C(F)(F)F)cc1. The van der Waals surface area contributed by atoms with Crippen LogP contribution >= 0.6 is 11.6 Å². The summed E-state index contributed by atoms with van der Waals surface area (Å²) in [6.45, 7) is 1.67. The van der Waals surface area contributed by atoms with Crippen LogP contribution in [0.15, 0.2) is 36.4 Å². The normalized spacial score (nSPS) is 11.1. The third-order valence-electron chi connectivity index (χ3n) is 3.42. The number of carbonyl (C=O) groups excluding carboxylic acids is 1. The molecule has 0 aromatic heterocycles. The van der Waals surface area contributed by atoms with Crippen molar-refractivity contribution < 1.29 is 22.7 Å². The van der Waals surface area contributed by atoms with Gasteiger partial charge in [0.25, 0.3) is 0 Å². The smallest absolute Gasteiger partial charge is 0.416 e. The minimum absolute atomic E-state index is 0.115. The van der Waals surface area contributed by atoms with E-state index in [0.717, 1.165) is 17.7 Å². The van der Waals surface area contributed by atoms with Crippen LogP contribution in [0.25, 0.3) is 0 Å². The van der Waals surface area contributed by atoms with Crippen LogP contribution in [0.3, 0.4) is 0 Å². The van der Waals surface area contributed by atoms with E-state index in [1.165, 1.54) is 19.2 Å². The summed E-state index contributed by atoms with van der Waals surface area (Å²) in [5.41, 5.74) is 0.892. The number of carbonyl (C=O) groups is 1. The molecule has 8 heteroatoms. The van der Waals surface area contributed by atoms with E-state index < -0.39 is 11.7 Å². The topological polar surface area (TPSA) is 50.4 Å². The molecule has 0 aliphatic heterocycles. The van der Waals surface area contributed by atoms with Gasteiger partial charge in [-0.3, -0.25) is 4.79 Å². The van der Waals surface area contributed by atoms with Crippen molar-refractivity contribution in [2.24, 2.45) is 0 Å². The Kier molecular flexibility index (Phi) is 5.79. The largest absolute Gasteiger partial charge is 0.495 e. The number of anilines is 2. The molecule has 2 rings (SSSR count). The summed E-state index contributed by atoms with van der Waals surface area (Å²) in [5.74, 6) is 0.0402. The Hall–Kier alpha value is -2.41. The molecule has 2 N–H and O–H groups in total. The Morgan fingerprint density at radius 1 is 1.20 bits per heavy atom. The summed E-state index contributed by atoms with van der Waals surface area (Å²) >= 11 is 6.00. The number of rotatable bonds is 5. The van der Waals surface area contributed by atoms with Crippen molar-refractivity contribution in [3.8, 4) is 5.75 Å². The first-order valence-electron chi connectivity index (χ1n) is 7.26. The maximum absolute atomic E-state index is 12.5. The Bertz CT molecular complexity index is 762. The fourth-order valence-corrected chi connectivity index (χ4v) is 2.24. The van der Waals surface area contributed by atoms with Gasteiger partial charge >= 0.3 is 6.18 Å². The van der Waals surface area contributed by atoms with E-state index in [4.69, 9.17) is 16.3 Å². The van der Waals surface area contributed by atoms with Crippen LogP contribution in [-0.2, 0) is 11.0 Å². The molecule has 0 saturated heterocycles. The van der Waals surface area contributed by atoms with Gasteiger partial charge in [0.05, 0.1) is 24.9 Å². The third kappa shape index (κ3) is 5.03. The monoisotopic (exact) mass is 372 g/mol. The minimum atomic E-state index is -4.39. The Morgan fingerprint density at radius 2 is 1.84 bits per heavy atom. The molecule has 0 aliphatic rings. The van der Waals surface area contributed by atoms with Gasteiger partial charge in [-0.1, -0.05) is 11.6 Å². The van der Waals surface area contributed by atoms with Crippen LogP contribution in [0.4, 0.5) is 24.5 Å². The van der Waals surface area contributed by atoms with Gasteiger partial charge in [-0.25, -0.2) is 0 Å². The molecule has 0 heterocycles. The highest BCUT2D eigenvalue weighted by Crippen LogP contribution is 2.31. The van der Waals surface area contributed by atoms with E-state index >= 15 is 0 Å². The summed E-state index contributed by atoms with van der Waals surface area (Å²) in [6, 6.07) is 7.71. The van der Waals surface area contributed by atoms with E-state index in [1.807, 2.05) is 0 Å². The molecule has 0 aliphatic carbocycles. The molecule has 0 radical (unpaired) electrons. The Balaban J connectivity index is 1.98. The standard InChI is InChI=1S/C17H16ClF3N2O2/c1-10-7-14(15(25-2)8-13(10)18)23-16(24)9-22-12-5-3-11(4-6-12)17(19,20)21/h3-8,22H,9H2,1-2H3,(H,23,24). The highest BCUT2D eigenvalue weighted by Gasteiger charge is 2.29. The van der Waals surface area contributed by atoms with Crippen molar-refractivity contribution in [3.05, 3.63) is 52.5 Å². The molecule has 0 spiro atoms. The summed E-state index contributed by atoms with van der Waals surface area (Å²) < 4.78 is 42.7. The van der Waals surface area contributed by atoms with Gasteiger partial charge in [0.2, 0.25) is 5.91 Å². The highest BCUT2D eigenvalue weighted by molar-refractivity contribution is 6.31. The first-order valence-corrected chi connectivity index (χ1v) is 7.63. The summed E-state index contributed by atoms with van der Waals surface area (Å²) in [6.07, 6.45) is -4.39. The predicted octanol–water partition coefficient (Wildman–Crippen LogP) is 4.73. The van der Waals surface area contributed by atoms with Crippen molar-refractivity contribution >= 4 is 28.9 Å². The van der Waals surface area contributed by atoms with Gasteiger partial charge in [-0.2, -0.15) is 13.2 Å². The number of methoxy groups -OCH3 is 1. The molecule has 0 bridgehead atoms. The summed E-state index contributed by atoms with van der Waals surface area (Å²) in [4.78, 5) is 12.0. The molecule has 0 unspecified atom stereocenters. The molecule has 134 valence electrons. The lowest BCUT2D eigenvalue weighted by atomic mass is 10.2. The molecular formula is C17H16ClF3N2O2. The van der Waals surface area contributed by atoms with E-state index in [9.17, 15) is 18.0 Å². The fourth-order valence-electron chi connectivity index (χ4n) is 2.08. The molecule has 0 saturated carbocycles. The van der Waals surface area contributed by atoms with Gasteiger partial charge in [0, 0.05) is 16.8 Å². The Labute approximate surface area is 147 Å². The quantitative estimate of drug-likeness (QED) is 0.798. The molecule has 1 amide bonds. The predicted molar refractivity (Wildman–Crippen MR) is 91.3 cm³/mol. The molecule has 25 heavy (non-hydrogen) atoms. The van der Waals surface area contributed by atoms with Crippen molar-refractivity contribution in [1.82, 2.24) is 0 Å². The van der Waals surface area contributed by atoms with Gasteiger partial charge in [0.1, 0.15) is 5.75 Å². The zero-order chi connectivity index (χ0) is 18.6. The second-order valence-electron chi connectivity index (χ2n) is 5.28. The second-order valence-corrected chi connectivity index (χ2v) is 5.69. The summed E-state index contributed by atoms with van der Waals surface area (Å²) in [5, 5.41) is 5.94. The Morgan fingerprint density at radius 3 is 2.40 bits per heavy atom. The highest BCUT2D eigenvalue weighted by atomic mass is 35.5. The lowest BCUT2D eigenvalue weighted by Crippen LogP contribution is -2.22. The molecule has 0 fully saturated rings. The van der Waals surface area contributed by atoms with Crippen molar-refractivity contribution in [1.29, 1.82) is 0 Å². The number of benzene rings is 2. The fraction of sp³-hybridized carbons (Fsp3) is 0.235. The average molecular weight is 373 g/mol. The number of hydrogen-bond acceptors (Lipinski definition) is 3. The second kappa shape index (κ2) is 7.65. The van der Waals surface area contributed by atoms with Crippen LogP contribution in [0.1, 0.15) is 11.1 Å². The number of ether oxygens (including phenoxy) is 1. The van der Waals surface area contributed by atoms with Crippen LogP contribution in [-0.4, -0.2) is 19.6 Å². The maximum atomic E-state index is 12.5. The number of alkyl halides is 3. The van der Waals surface area contributed by atoms with Crippen LogP contribution < -0.4 is 15.4 Å². The molecule has 0 atom stereocenters. The first kappa shape index (κ1) is 18.9. The van der Waals surface area contributed by atoms with Crippen LogP contribution in [0, 0.1) is 6.92 Å². The third-order valence-corrected chi connectivity index (χ3v) is 3.83. The number of halogens is 4. The number of nitrogens with one attached hydrogen (secondary N) is 2. The molecule has 2 aromatic rings. The zero-order valence-electron chi connectivity index (χ0n) is 13.5. The van der Waals surface area contributed by atoms with Gasteiger partial charge < -0.3 is 15.4 Å². The number of amides is 1. The van der Waals surface area contributed by atoms with Crippen molar-refractivity contribution in [2.45, 2.75) is 13.1 Å². The average Bonchev–Trinajstić information content (AvgIpc) is 2.55. The van der Waals surface area contributed by atoms with Gasteiger partial charge in [-0.05, 0) is 42.8 Å². The summed E-state index contributed by atoms with van der Waals surface area (Å²) in [7, 11) is 1.46. The van der Waals surface area contributed by atoms with Gasteiger partial charge in [0.15, 0.2) is 0 Å². The van der Waals surface area contributed by atoms with E-state index in [1.54, 1.807) is 19.1 Å². The molecule has 2 aromatic carbocycles. The van der Waals surface area contributed by atoms with Crippen molar-refractivity contribution in [3.63, 3.8) is 0 Å². The van der Waals surface area contributed by atoms with E-state index in [0.29, 0.717) is 22.1 Å². The number of hydrogen-bond donors (Lipinski definition) is 2. The zero-order valence-corrected chi connectivity index (χ0v) is 14.3. The van der Waals surface area contributed by atoms with E-state index in [-0.39, 0.29) is 12.5 Å². The maximum Gasteiger partial charge on any atom is 0.416 e. The first-order chi connectivity index (χ1) is 11.7. The minimum Gasteiger partial charge on any atom is -0.495 e. The number of aryl methyl sites for hydroxylation is 1. The molecular weight excluding hydrogens is 357 g/mol. The van der Waals surface area contributed by atoms with Gasteiger partial charge in [-0.15, -0.1) is 0 Å².